The Morgan fingerprint density at radius 3 is 2.35 bits per heavy atom. The van der Waals surface area contributed by atoms with Gasteiger partial charge >= 0.3 is 0 Å². The average molecular weight is 370 g/mol. The molecular formula is C22H31N3S. The Hall–Kier alpha value is -1.65. The molecule has 0 fully saturated rings. The van der Waals surface area contributed by atoms with E-state index in [2.05, 4.69) is 65.1 Å². The number of hydrogen-bond acceptors (Lipinski definition) is 3. The second-order valence-electron chi connectivity index (χ2n) is 6.96. The number of aryl methyl sites for hydroxylation is 1. The van der Waals surface area contributed by atoms with Gasteiger partial charge in [0.1, 0.15) is 0 Å². The zero-order valence-electron chi connectivity index (χ0n) is 16.2. The molecule has 0 spiro atoms. The summed E-state index contributed by atoms with van der Waals surface area (Å²) in [7, 11) is 0. The van der Waals surface area contributed by atoms with Gasteiger partial charge in [-0.05, 0) is 62.5 Å². The lowest BCUT2D eigenvalue weighted by molar-refractivity contribution is 0.258. The molecule has 0 aliphatic rings. The summed E-state index contributed by atoms with van der Waals surface area (Å²) >= 11 is 1.77. The predicted molar refractivity (Wildman–Crippen MR) is 114 cm³/mol. The second-order valence-corrected chi connectivity index (χ2v) is 7.90. The summed E-state index contributed by atoms with van der Waals surface area (Å²) in [6.07, 6.45) is 6.33. The van der Waals surface area contributed by atoms with Gasteiger partial charge in [-0.2, -0.15) is 0 Å². The standard InChI is InChI=1S/C22H31N3S/c1-3-5-14-24(15-6-4-2)16-10-17-25-20-12-8-7-11-19(20)23-22(25)21-13-9-18-26-21/h7-9,11-13,18H,3-6,10,14-17H2,1-2H3. The monoisotopic (exact) mass is 369 g/mol. The topological polar surface area (TPSA) is 21.1 Å². The first-order valence-corrected chi connectivity index (χ1v) is 10.9. The van der Waals surface area contributed by atoms with Gasteiger partial charge in [0, 0.05) is 6.54 Å². The fourth-order valence-electron chi connectivity index (χ4n) is 3.45. The molecule has 0 bridgehead atoms. The van der Waals surface area contributed by atoms with Crippen LogP contribution >= 0.6 is 11.3 Å². The van der Waals surface area contributed by atoms with Crippen LogP contribution in [0.15, 0.2) is 41.8 Å². The van der Waals surface area contributed by atoms with Gasteiger partial charge in [-0.25, -0.2) is 4.98 Å². The summed E-state index contributed by atoms with van der Waals surface area (Å²) < 4.78 is 2.42. The SMILES string of the molecule is CCCCN(CCCC)CCCn1c(-c2cccs2)nc2ccccc21. The Labute approximate surface area is 161 Å². The Bertz CT molecular complexity index is 768. The smallest absolute Gasteiger partial charge is 0.151 e. The summed E-state index contributed by atoms with van der Waals surface area (Å²) in [5.74, 6) is 1.12. The molecule has 4 heteroatoms. The van der Waals surface area contributed by atoms with E-state index in [9.17, 15) is 0 Å². The van der Waals surface area contributed by atoms with E-state index in [1.54, 1.807) is 11.3 Å². The maximum absolute atomic E-state index is 4.91. The van der Waals surface area contributed by atoms with Crippen molar-refractivity contribution >= 4 is 22.4 Å². The van der Waals surface area contributed by atoms with Crippen molar-refractivity contribution in [1.82, 2.24) is 14.5 Å². The number of benzene rings is 1. The number of fused-ring (bicyclic) bond motifs is 1. The van der Waals surface area contributed by atoms with Gasteiger partial charge < -0.3 is 9.47 Å². The molecule has 26 heavy (non-hydrogen) atoms. The second kappa shape index (κ2) is 9.89. The fourth-order valence-corrected chi connectivity index (χ4v) is 4.17. The fraction of sp³-hybridized carbons (Fsp3) is 0.500. The van der Waals surface area contributed by atoms with Gasteiger partial charge in [-0.1, -0.05) is 44.9 Å². The molecule has 0 amide bonds. The third-order valence-electron chi connectivity index (χ3n) is 4.91. The van der Waals surface area contributed by atoms with Crippen molar-refractivity contribution in [1.29, 1.82) is 0 Å². The van der Waals surface area contributed by atoms with Crippen LogP contribution in [0.1, 0.15) is 46.0 Å². The molecule has 0 saturated carbocycles. The number of thiophene rings is 1. The number of unbranched alkanes of at least 4 members (excludes halogenated alkanes) is 2. The molecule has 0 unspecified atom stereocenters. The zero-order chi connectivity index (χ0) is 18.2. The van der Waals surface area contributed by atoms with Crippen LogP contribution in [0.5, 0.6) is 0 Å². The van der Waals surface area contributed by atoms with Crippen molar-refractivity contribution in [3.8, 4) is 10.7 Å². The molecule has 1 aromatic carbocycles. The molecular weight excluding hydrogens is 338 g/mol. The lowest BCUT2D eigenvalue weighted by Gasteiger charge is -2.22. The highest BCUT2D eigenvalue weighted by atomic mass is 32.1. The van der Waals surface area contributed by atoms with E-state index in [0.717, 1.165) is 17.9 Å². The van der Waals surface area contributed by atoms with Crippen molar-refractivity contribution in [2.24, 2.45) is 0 Å². The highest BCUT2D eigenvalue weighted by Gasteiger charge is 2.13. The molecule has 0 saturated heterocycles. The zero-order valence-corrected chi connectivity index (χ0v) is 17.0. The van der Waals surface area contributed by atoms with Crippen LogP contribution in [0.3, 0.4) is 0 Å². The summed E-state index contributed by atoms with van der Waals surface area (Å²) in [5, 5.41) is 2.14. The van der Waals surface area contributed by atoms with E-state index in [1.165, 1.54) is 62.1 Å². The predicted octanol–water partition coefficient (Wildman–Crippen LogP) is 6.06. The number of aromatic nitrogens is 2. The first kappa shape index (κ1) is 19.1. The van der Waals surface area contributed by atoms with E-state index >= 15 is 0 Å². The average Bonchev–Trinajstić information content (AvgIpc) is 3.31. The van der Waals surface area contributed by atoms with Crippen LogP contribution in [0.4, 0.5) is 0 Å². The van der Waals surface area contributed by atoms with Gasteiger partial charge in [0.2, 0.25) is 0 Å². The molecule has 3 rings (SSSR count). The lowest BCUT2D eigenvalue weighted by Crippen LogP contribution is -2.28. The van der Waals surface area contributed by atoms with Crippen LogP contribution in [-0.2, 0) is 6.54 Å². The van der Waals surface area contributed by atoms with Crippen molar-refractivity contribution in [3.63, 3.8) is 0 Å². The van der Waals surface area contributed by atoms with Gasteiger partial charge in [-0.15, -0.1) is 11.3 Å². The van der Waals surface area contributed by atoms with Gasteiger partial charge in [0.05, 0.1) is 15.9 Å². The first-order valence-electron chi connectivity index (χ1n) is 10.0. The van der Waals surface area contributed by atoms with Crippen LogP contribution in [-0.4, -0.2) is 34.1 Å². The van der Waals surface area contributed by atoms with Gasteiger partial charge in [0.15, 0.2) is 5.82 Å². The summed E-state index contributed by atoms with van der Waals surface area (Å²) in [4.78, 5) is 8.82. The molecule has 2 aromatic heterocycles. The molecule has 0 radical (unpaired) electrons. The quantitative estimate of drug-likeness (QED) is 0.410. The highest BCUT2D eigenvalue weighted by molar-refractivity contribution is 7.13. The third kappa shape index (κ3) is 4.74. The molecule has 0 N–H and O–H groups in total. The number of nitrogens with zero attached hydrogens (tertiary/aromatic N) is 3. The Morgan fingerprint density at radius 2 is 1.65 bits per heavy atom. The molecule has 3 nitrogen and oxygen atoms in total. The lowest BCUT2D eigenvalue weighted by atomic mass is 10.2. The first-order chi connectivity index (χ1) is 12.8. The Kier molecular flexibility index (Phi) is 7.27. The van der Waals surface area contributed by atoms with Gasteiger partial charge in [-0.3, -0.25) is 0 Å². The van der Waals surface area contributed by atoms with Crippen molar-refractivity contribution in [2.45, 2.75) is 52.5 Å². The maximum atomic E-state index is 4.91. The van der Waals surface area contributed by atoms with Crippen molar-refractivity contribution < 1.29 is 0 Å². The van der Waals surface area contributed by atoms with Crippen LogP contribution < -0.4 is 0 Å². The molecule has 0 atom stereocenters. The van der Waals surface area contributed by atoms with E-state index in [0.29, 0.717) is 0 Å². The van der Waals surface area contributed by atoms with E-state index in [1.807, 2.05) is 0 Å². The number of rotatable bonds is 11. The van der Waals surface area contributed by atoms with E-state index in [-0.39, 0.29) is 0 Å². The number of imidazole rings is 1. The molecule has 3 aromatic rings. The molecule has 0 aliphatic carbocycles. The Balaban J connectivity index is 1.72. The summed E-state index contributed by atoms with van der Waals surface area (Å²) in [6, 6.07) is 12.8. The Morgan fingerprint density at radius 1 is 0.923 bits per heavy atom. The van der Waals surface area contributed by atoms with Crippen molar-refractivity contribution in [2.75, 3.05) is 19.6 Å². The minimum Gasteiger partial charge on any atom is -0.323 e. The van der Waals surface area contributed by atoms with Crippen molar-refractivity contribution in [3.05, 3.63) is 41.8 Å². The maximum Gasteiger partial charge on any atom is 0.151 e. The normalized spacial score (nSPS) is 11.7. The number of para-hydroxylation sites is 2. The third-order valence-corrected chi connectivity index (χ3v) is 5.77. The molecule has 0 aliphatic heterocycles. The van der Waals surface area contributed by atoms with E-state index < -0.39 is 0 Å². The molecule has 2 heterocycles. The summed E-state index contributed by atoms with van der Waals surface area (Å²) in [6.45, 7) is 9.24. The summed E-state index contributed by atoms with van der Waals surface area (Å²) in [5.41, 5.74) is 2.36. The van der Waals surface area contributed by atoms with E-state index in [4.69, 9.17) is 4.98 Å². The largest absolute Gasteiger partial charge is 0.323 e. The highest BCUT2D eigenvalue weighted by Crippen LogP contribution is 2.28. The molecule has 140 valence electrons. The minimum atomic E-state index is 1.03. The van der Waals surface area contributed by atoms with Gasteiger partial charge in [0.25, 0.3) is 0 Å². The van der Waals surface area contributed by atoms with Crippen LogP contribution in [0, 0.1) is 0 Å². The number of hydrogen-bond donors (Lipinski definition) is 0. The minimum absolute atomic E-state index is 1.03. The van der Waals surface area contributed by atoms with Crippen LogP contribution in [0.25, 0.3) is 21.7 Å². The van der Waals surface area contributed by atoms with Crippen LogP contribution in [0.2, 0.25) is 0 Å².